The average molecular weight is 242 g/mol. The summed E-state index contributed by atoms with van der Waals surface area (Å²) in [4.78, 5) is 16.0. The number of hydrogen-bond donors (Lipinski definition) is 0. The van der Waals surface area contributed by atoms with E-state index in [9.17, 15) is 4.79 Å². The second-order valence-corrected chi connectivity index (χ2v) is 5.24. The zero-order valence-corrected chi connectivity index (χ0v) is 11.8. The highest BCUT2D eigenvalue weighted by atomic mass is 16.6. The Bertz CT molecular complexity index is 256. The Labute approximate surface area is 105 Å². The molecule has 100 valence electrons. The van der Waals surface area contributed by atoms with Gasteiger partial charge in [0.2, 0.25) is 0 Å². The van der Waals surface area contributed by atoms with Crippen molar-refractivity contribution in [3.8, 4) is 0 Å². The van der Waals surface area contributed by atoms with Gasteiger partial charge < -0.3 is 9.64 Å². The Balaban J connectivity index is 2.44. The number of carbonyl (C=O) groups excluding carboxylic acids is 1. The Kier molecular flexibility index (Phi) is 5.25. The van der Waals surface area contributed by atoms with E-state index in [2.05, 4.69) is 18.7 Å². The van der Waals surface area contributed by atoms with Gasteiger partial charge in [-0.2, -0.15) is 0 Å². The minimum Gasteiger partial charge on any atom is -0.447 e. The van der Waals surface area contributed by atoms with Crippen LogP contribution in [0.15, 0.2) is 0 Å². The van der Waals surface area contributed by atoms with Crippen LogP contribution in [0.3, 0.4) is 0 Å². The van der Waals surface area contributed by atoms with Crippen molar-refractivity contribution in [2.75, 3.05) is 20.1 Å². The van der Waals surface area contributed by atoms with Gasteiger partial charge in [-0.1, -0.05) is 6.92 Å². The molecule has 0 aliphatic carbocycles. The lowest BCUT2D eigenvalue weighted by Crippen LogP contribution is -2.41. The highest BCUT2D eigenvalue weighted by molar-refractivity contribution is 5.67. The summed E-state index contributed by atoms with van der Waals surface area (Å²) in [5.41, 5.74) is 0. The van der Waals surface area contributed by atoms with Gasteiger partial charge in [-0.05, 0) is 33.6 Å². The second kappa shape index (κ2) is 6.24. The molecule has 0 radical (unpaired) electrons. The quantitative estimate of drug-likeness (QED) is 0.758. The maximum absolute atomic E-state index is 11.8. The average Bonchev–Trinajstić information content (AvgIpc) is 2.75. The molecule has 1 amide bonds. The maximum Gasteiger partial charge on any atom is 0.410 e. The van der Waals surface area contributed by atoms with Crippen LogP contribution in [-0.4, -0.2) is 54.2 Å². The molecule has 1 heterocycles. The van der Waals surface area contributed by atoms with Crippen molar-refractivity contribution in [3.63, 3.8) is 0 Å². The van der Waals surface area contributed by atoms with E-state index < -0.39 is 0 Å². The predicted octanol–water partition coefficient (Wildman–Crippen LogP) is 2.34. The third-order valence-corrected chi connectivity index (χ3v) is 3.58. The number of hydrogen-bond acceptors (Lipinski definition) is 3. The molecule has 0 saturated carbocycles. The molecule has 0 aromatic rings. The molecule has 0 aromatic heterocycles. The molecule has 0 aromatic carbocycles. The van der Waals surface area contributed by atoms with Crippen molar-refractivity contribution in [2.24, 2.45) is 0 Å². The molecular formula is C13H26N2O2. The van der Waals surface area contributed by atoms with Gasteiger partial charge in [0.15, 0.2) is 0 Å². The molecule has 1 aliphatic heterocycles. The van der Waals surface area contributed by atoms with E-state index >= 15 is 0 Å². The summed E-state index contributed by atoms with van der Waals surface area (Å²) >= 11 is 0. The van der Waals surface area contributed by atoms with Crippen LogP contribution in [-0.2, 0) is 4.74 Å². The molecule has 1 aliphatic rings. The summed E-state index contributed by atoms with van der Waals surface area (Å²) in [5.74, 6) is 0. The molecule has 4 heteroatoms. The first-order valence-electron chi connectivity index (χ1n) is 6.63. The van der Waals surface area contributed by atoms with Gasteiger partial charge in [-0.25, -0.2) is 4.79 Å². The lowest BCUT2D eigenvalue weighted by molar-refractivity contribution is 0.0723. The van der Waals surface area contributed by atoms with Crippen LogP contribution in [0.25, 0.3) is 0 Å². The summed E-state index contributed by atoms with van der Waals surface area (Å²) in [7, 11) is 1.84. The van der Waals surface area contributed by atoms with Crippen molar-refractivity contribution in [1.82, 2.24) is 9.80 Å². The van der Waals surface area contributed by atoms with Crippen LogP contribution in [0.5, 0.6) is 0 Å². The molecular weight excluding hydrogens is 216 g/mol. The van der Waals surface area contributed by atoms with Crippen molar-refractivity contribution >= 4 is 6.09 Å². The van der Waals surface area contributed by atoms with Crippen LogP contribution in [0, 0.1) is 0 Å². The molecule has 2 unspecified atom stereocenters. The van der Waals surface area contributed by atoms with E-state index in [1.807, 2.05) is 20.9 Å². The van der Waals surface area contributed by atoms with Crippen molar-refractivity contribution < 1.29 is 9.53 Å². The summed E-state index contributed by atoms with van der Waals surface area (Å²) in [6.07, 6.45) is 1.97. The SMILES string of the molecule is CCC(C)N1CCC(N(C)C(=O)OC(C)C)C1. The van der Waals surface area contributed by atoms with Crippen molar-refractivity contribution in [3.05, 3.63) is 0 Å². The molecule has 17 heavy (non-hydrogen) atoms. The minimum absolute atomic E-state index is 0.0444. The third-order valence-electron chi connectivity index (χ3n) is 3.58. The molecule has 2 atom stereocenters. The van der Waals surface area contributed by atoms with Crippen LogP contribution in [0.1, 0.15) is 40.5 Å². The fourth-order valence-corrected chi connectivity index (χ4v) is 2.18. The Morgan fingerprint density at radius 1 is 1.47 bits per heavy atom. The van der Waals surface area contributed by atoms with Gasteiger partial charge in [0.1, 0.15) is 0 Å². The van der Waals surface area contributed by atoms with E-state index in [0.29, 0.717) is 12.1 Å². The highest BCUT2D eigenvalue weighted by Gasteiger charge is 2.30. The minimum atomic E-state index is -0.198. The van der Waals surface area contributed by atoms with E-state index in [0.717, 1.165) is 25.9 Å². The highest BCUT2D eigenvalue weighted by Crippen LogP contribution is 2.19. The van der Waals surface area contributed by atoms with Gasteiger partial charge in [-0.3, -0.25) is 4.90 Å². The van der Waals surface area contributed by atoms with Crippen molar-refractivity contribution in [2.45, 2.75) is 58.7 Å². The molecule has 0 N–H and O–H groups in total. The third kappa shape index (κ3) is 3.87. The first-order valence-corrected chi connectivity index (χ1v) is 6.63. The maximum atomic E-state index is 11.8. The number of likely N-dealkylation sites (N-methyl/N-ethyl adjacent to an activating group) is 1. The Morgan fingerprint density at radius 3 is 2.65 bits per heavy atom. The van der Waals surface area contributed by atoms with Crippen LogP contribution in [0.2, 0.25) is 0 Å². The molecule has 0 spiro atoms. The van der Waals surface area contributed by atoms with Gasteiger partial charge in [-0.15, -0.1) is 0 Å². The second-order valence-electron chi connectivity index (χ2n) is 5.24. The standard InChI is InChI=1S/C13H26N2O2/c1-6-11(4)15-8-7-12(9-15)14(5)13(16)17-10(2)3/h10-12H,6-9H2,1-5H3. The topological polar surface area (TPSA) is 32.8 Å². The van der Waals surface area contributed by atoms with Crippen LogP contribution in [0.4, 0.5) is 4.79 Å². The fraction of sp³-hybridized carbons (Fsp3) is 0.923. The normalized spacial score (nSPS) is 22.8. The number of nitrogens with zero attached hydrogens (tertiary/aromatic N) is 2. The van der Waals surface area contributed by atoms with E-state index in [1.165, 1.54) is 0 Å². The lowest BCUT2D eigenvalue weighted by Gasteiger charge is -2.27. The number of likely N-dealkylation sites (tertiary alicyclic amines) is 1. The Hall–Kier alpha value is -0.770. The van der Waals surface area contributed by atoms with Gasteiger partial charge >= 0.3 is 6.09 Å². The van der Waals surface area contributed by atoms with Crippen molar-refractivity contribution in [1.29, 1.82) is 0 Å². The number of rotatable bonds is 4. The summed E-state index contributed by atoms with van der Waals surface area (Å²) in [6.45, 7) is 10.3. The summed E-state index contributed by atoms with van der Waals surface area (Å²) in [6, 6.07) is 0.907. The van der Waals surface area contributed by atoms with Gasteiger partial charge in [0.25, 0.3) is 0 Å². The zero-order valence-electron chi connectivity index (χ0n) is 11.8. The first-order chi connectivity index (χ1) is 7.95. The van der Waals surface area contributed by atoms with Crippen LogP contribution >= 0.6 is 0 Å². The van der Waals surface area contributed by atoms with E-state index in [1.54, 1.807) is 4.90 Å². The molecule has 1 rings (SSSR count). The Morgan fingerprint density at radius 2 is 2.12 bits per heavy atom. The molecule has 1 fully saturated rings. The van der Waals surface area contributed by atoms with E-state index in [-0.39, 0.29) is 12.2 Å². The molecule has 0 bridgehead atoms. The van der Waals surface area contributed by atoms with Gasteiger partial charge in [0.05, 0.1) is 6.10 Å². The number of amides is 1. The monoisotopic (exact) mass is 242 g/mol. The fourth-order valence-electron chi connectivity index (χ4n) is 2.18. The summed E-state index contributed by atoms with van der Waals surface area (Å²) < 4.78 is 5.21. The first kappa shape index (κ1) is 14.3. The van der Waals surface area contributed by atoms with Gasteiger partial charge in [0, 0.05) is 32.2 Å². The molecule has 1 saturated heterocycles. The summed E-state index contributed by atoms with van der Waals surface area (Å²) in [5, 5.41) is 0. The van der Waals surface area contributed by atoms with Crippen LogP contribution < -0.4 is 0 Å². The van der Waals surface area contributed by atoms with E-state index in [4.69, 9.17) is 4.74 Å². The molecule has 4 nitrogen and oxygen atoms in total. The zero-order chi connectivity index (χ0) is 13.0. The number of ether oxygens (including phenoxy) is 1. The largest absolute Gasteiger partial charge is 0.447 e. The predicted molar refractivity (Wildman–Crippen MR) is 69.1 cm³/mol. The smallest absolute Gasteiger partial charge is 0.410 e. The lowest BCUT2D eigenvalue weighted by atomic mass is 10.2. The number of carbonyl (C=O) groups is 1.